The van der Waals surface area contributed by atoms with Crippen LogP contribution >= 0.6 is 23.2 Å². The lowest BCUT2D eigenvalue weighted by atomic mass is 9.93. The number of benzene rings is 3. The molecule has 0 saturated carbocycles. The van der Waals surface area contributed by atoms with Gasteiger partial charge in [0, 0.05) is 36.2 Å². The van der Waals surface area contributed by atoms with Crippen molar-refractivity contribution in [3.05, 3.63) is 99.0 Å². The molecule has 0 N–H and O–H groups in total. The van der Waals surface area contributed by atoms with Gasteiger partial charge >= 0.3 is 18.2 Å². The number of ether oxygens (including phenoxy) is 2. The topological polar surface area (TPSA) is 74.7 Å². The Balaban J connectivity index is 1.60. The maximum Gasteiger partial charge on any atom is 0.416 e. The standard InChI is InChI=1S/C33H33Cl2F3N4O4/c1-3-45-27-19-23(33(36,37)38)9-14-26(27)31-39-29(21-5-10-24(34)11-6-21)30(22-7-12-25(35)13-8-22)42(31)32(44)41-17-15-40(16-18-41)20-28(43)46-4-2/h5-14,19,29-30H,3-4,15-18,20H2,1-2H3. The summed E-state index contributed by atoms with van der Waals surface area (Å²) in [5.74, 6) is -0.202. The number of halogens is 5. The average Bonchev–Trinajstić information content (AvgIpc) is 3.42. The third kappa shape index (κ3) is 7.43. The van der Waals surface area contributed by atoms with E-state index in [1.165, 1.54) is 11.0 Å². The lowest BCUT2D eigenvalue weighted by molar-refractivity contribution is -0.144. The van der Waals surface area contributed by atoms with Gasteiger partial charge in [0.05, 0.1) is 36.9 Å². The summed E-state index contributed by atoms with van der Waals surface area (Å²) < 4.78 is 52.0. The van der Waals surface area contributed by atoms with Crippen molar-refractivity contribution in [1.82, 2.24) is 14.7 Å². The van der Waals surface area contributed by atoms with Gasteiger partial charge in [-0.05, 0) is 67.4 Å². The van der Waals surface area contributed by atoms with Crippen LogP contribution in [0.5, 0.6) is 5.75 Å². The number of nitrogens with zero attached hydrogens (tertiary/aromatic N) is 4. The summed E-state index contributed by atoms with van der Waals surface area (Å²) in [7, 11) is 0. The molecule has 2 heterocycles. The van der Waals surface area contributed by atoms with Gasteiger partial charge in [-0.1, -0.05) is 47.5 Å². The summed E-state index contributed by atoms with van der Waals surface area (Å²) in [5.41, 5.74) is 0.848. The van der Waals surface area contributed by atoms with E-state index in [0.717, 1.165) is 23.3 Å². The molecule has 3 aromatic rings. The molecule has 2 aliphatic heterocycles. The van der Waals surface area contributed by atoms with Crippen LogP contribution in [0.2, 0.25) is 10.0 Å². The predicted octanol–water partition coefficient (Wildman–Crippen LogP) is 7.26. The average molecular weight is 678 g/mol. The summed E-state index contributed by atoms with van der Waals surface area (Å²) >= 11 is 12.4. The number of alkyl halides is 3. The number of aliphatic imine (C=N–C) groups is 1. The van der Waals surface area contributed by atoms with Gasteiger partial charge in [0.25, 0.3) is 0 Å². The van der Waals surface area contributed by atoms with Gasteiger partial charge in [-0.3, -0.25) is 19.6 Å². The van der Waals surface area contributed by atoms with Crippen molar-refractivity contribution in [1.29, 1.82) is 0 Å². The Morgan fingerprint density at radius 1 is 0.870 bits per heavy atom. The molecule has 244 valence electrons. The molecule has 0 aromatic heterocycles. The summed E-state index contributed by atoms with van der Waals surface area (Å²) in [6.07, 6.45) is -4.60. The molecule has 0 aliphatic carbocycles. The van der Waals surface area contributed by atoms with Crippen molar-refractivity contribution >= 4 is 41.0 Å². The van der Waals surface area contributed by atoms with Crippen LogP contribution in [0.15, 0.2) is 71.7 Å². The number of amides is 2. The molecule has 0 radical (unpaired) electrons. The van der Waals surface area contributed by atoms with E-state index in [9.17, 15) is 22.8 Å². The minimum Gasteiger partial charge on any atom is -0.493 e. The molecule has 2 atom stereocenters. The third-order valence-corrected chi connectivity index (χ3v) is 8.35. The molecule has 13 heteroatoms. The number of hydrogen-bond acceptors (Lipinski definition) is 6. The fraction of sp³-hybridized carbons (Fsp3) is 0.364. The first-order valence-electron chi connectivity index (χ1n) is 14.9. The first kappa shape index (κ1) is 33.6. The van der Waals surface area contributed by atoms with Crippen LogP contribution in [0, 0.1) is 0 Å². The Morgan fingerprint density at radius 3 is 2.04 bits per heavy atom. The van der Waals surface area contributed by atoms with Gasteiger partial charge in [0.15, 0.2) is 0 Å². The molecule has 3 aromatic carbocycles. The highest BCUT2D eigenvalue weighted by Gasteiger charge is 2.45. The molecule has 8 nitrogen and oxygen atoms in total. The number of carbonyl (C=O) groups is 2. The van der Waals surface area contributed by atoms with Gasteiger partial charge in [0.1, 0.15) is 17.6 Å². The van der Waals surface area contributed by atoms with Crippen LogP contribution in [0.4, 0.5) is 18.0 Å². The SMILES string of the molecule is CCOC(=O)CN1CCN(C(=O)N2C(c3ccc(C(F)(F)F)cc3OCC)=NC(c3ccc(Cl)cc3)C2c2ccc(Cl)cc2)CC1. The van der Waals surface area contributed by atoms with Crippen molar-refractivity contribution in [2.75, 3.05) is 45.9 Å². The Morgan fingerprint density at radius 2 is 1.48 bits per heavy atom. The minimum absolute atomic E-state index is 0.0419. The number of hydrogen-bond donors (Lipinski definition) is 0. The molecule has 5 rings (SSSR count). The zero-order valence-electron chi connectivity index (χ0n) is 25.3. The molecule has 0 spiro atoms. The Labute approximate surface area is 275 Å². The second-order valence-corrected chi connectivity index (χ2v) is 11.7. The van der Waals surface area contributed by atoms with Crippen molar-refractivity contribution in [3.63, 3.8) is 0 Å². The monoisotopic (exact) mass is 676 g/mol. The summed E-state index contributed by atoms with van der Waals surface area (Å²) in [5, 5.41) is 1.02. The summed E-state index contributed by atoms with van der Waals surface area (Å²) in [6.45, 7) is 5.39. The fourth-order valence-electron chi connectivity index (χ4n) is 5.65. The molecule has 1 saturated heterocycles. The van der Waals surface area contributed by atoms with Crippen molar-refractivity contribution in [2.24, 2.45) is 4.99 Å². The van der Waals surface area contributed by atoms with Crippen molar-refractivity contribution in [2.45, 2.75) is 32.1 Å². The van der Waals surface area contributed by atoms with Gasteiger partial charge in [-0.15, -0.1) is 0 Å². The number of piperazine rings is 1. The molecule has 46 heavy (non-hydrogen) atoms. The minimum atomic E-state index is -4.60. The highest BCUT2D eigenvalue weighted by Crippen LogP contribution is 2.46. The molecule has 2 aliphatic rings. The summed E-state index contributed by atoms with van der Waals surface area (Å²) in [6, 6.07) is 15.6. The van der Waals surface area contributed by atoms with E-state index < -0.39 is 23.8 Å². The van der Waals surface area contributed by atoms with Crippen LogP contribution in [0.1, 0.15) is 48.2 Å². The molecule has 0 bridgehead atoms. The van der Waals surface area contributed by atoms with E-state index in [-0.39, 0.29) is 48.9 Å². The molecular formula is C33H33Cl2F3N4O4. The number of amidine groups is 1. The van der Waals surface area contributed by atoms with E-state index in [0.29, 0.717) is 36.2 Å². The number of carbonyl (C=O) groups excluding carboxylic acids is 2. The smallest absolute Gasteiger partial charge is 0.416 e. The maximum atomic E-state index is 14.6. The quantitative estimate of drug-likeness (QED) is 0.235. The molecule has 2 amide bonds. The normalized spacial score (nSPS) is 18.8. The zero-order valence-corrected chi connectivity index (χ0v) is 26.8. The van der Waals surface area contributed by atoms with Gasteiger partial charge in [-0.2, -0.15) is 13.2 Å². The Hall–Kier alpha value is -3.80. The zero-order chi connectivity index (χ0) is 33.0. The van der Waals surface area contributed by atoms with E-state index >= 15 is 0 Å². The number of rotatable bonds is 8. The van der Waals surface area contributed by atoms with Crippen LogP contribution in [-0.4, -0.2) is 78.5 Å². The van der Waals surface area contributed by atoms with Crippen LogP contribution < -0.4 is 4.74 Å². The van der Waals surface area contributed by atoms with E-state index in [2.05, 4.69) is 0 Å². The van der Waals surface area contributed by atoms with Gasteiger partial charge in [0.2, 0.25) is 0 Å². The van der Waals surface area contributed by atoms with Crippen LogP contribution in [0.25, 0.3) is 0 Å². The largest absolute Gasteiger partial charge is 0.493 e. The van der Waals surface area contributed by atoms with E-state index in [4.69, 9.17) is 37.7 Å². The Bertz CT molecular complexity index is 1580. The lowest BCUT2D eigenvalue weighted by Crippen LogP contribution is -2.54. The molecule has 2 unspecified atom stereocenters. The molecular weight excluding hydrogens is 644 g/mol. The van der Waals surface area contributed by atoms with E-state index in [1.807, 2.05) is 29.2 Å². The highest BCUT2D eigenvalue weighted by molar-refractivity contribution is 6.30. The second kappa shape index (κ2) is 14.3. The Kier molecular flexibility index (Phi) is 10.4. The van der Waals surface area contributed by atoms with Gasteiger partial charge in [-0.25, -0.2) is 4.79 Å². The van der Waals surface area contributed by atoms with Crippen molar-refractivity contribution < 1.29 is 32.2 Å². The second-order valence-electron chi connectivity index (χ2n) is 10.8. The third-order valence-electron chi connectivity index (χ3n) is 7.85. The maximum absolute atomic E-state index is 14.6. The van der Waals surface area contributed by atoms with Crippen molar-refractivity contribution in [3.8, 4) is 5.75 Å². The number of urea groups is 1. The number of esters is 1. The van der Waals surface area contributed by atoms with Crippen LogP contribution in [0.3, 0.4) is 0 Å². The fourth-order valence-corrected chi connectivity index (χ4v) is 5.90. The van der Waals surface area contributed by atoms with E-state index in [1.54, 1.807) is 43.0 Å². The molecule has 1 fully saturated rings. The highest BCUT2D eigenvalue weighted by atomic mass is 35.5. The predicted molar refractivity (Wildman–Crippen MR) is 169 cm³/mol. The lowest BCUT2D eigenvalue weighted by Gasteiger charge is -2.38. The first-order chi connectivity index (χ1) is 22.0. The summed E-state index contributed by atoms with van der Waals surface area (Å²) in [4.78, 5) is 36.8. The van der Waals surface area contributed by atoms with Crippen LogP contribution in [-0.2, 0) is 15.7 Å². The first-order valence-corrected chi connectivity index (χ1v) is 15.6. The van der Waals surface area contributed by atoms with Gasteiger partial charge < -0.3 is 14.4 Å².